The number of anilines is 2. The molecule has 2 aliphatic rings. The first kappa shape index (κ1) is 23.9. The Morgan fingerprint density at radius 1 is 1.12 bits per heavy atom. The van der Waals surface area contributed by atoms with Gasteiger partial charge in [0.15, 0.2) is 0 Å². The highest BCUT2D eigenvalue weighted by atomic mass is 32.2. The predicted octanol–water partition coefficient (Wildman–Crippen LogP) is 4.90. The lowest BCUT2D eigenvalue weighted by Crippen LogP contribution is -2.39. The summed E-state index contributed by atoms with van der Waals surface area (Å²) in [7, 11) is -4.51. The van der Waals surface area contributed by atoms with E-state index in [0.29, 0.717) is 18.7 Å². The number of benzene rings is 2. The van der Waals surface area contributed by atoms with Crippen LogP contribution in [0.15, 0.2) is 53.4 Å². The highest BCUT2D eigenvalue weighted by Crippen LogP contribution is 2.39. The number of aromatic carboxylic acids is 1. The van der Waals surface area contributed by atoms with Crippen LogP contribution in [0, 0.1) is 0 Å². The molecule has 2 aliphatic heterocycles. The third kappa shape index (κ3) is 4.98. The maximum Gasteiger partial charge on any atom is 0.416 e. The number of carboxylic acids is 1. The molecule has 1 atom stereocenters. The van der Waals surface area contributed by atoms with Crippen molar-refractivity contribution >= 4 is 27.4 Å². The van der Waals surface area contributed by atoms with Gasteiger partial charge in [0.2, 0.25) is 0 Å². The maximum atomic E-state index is 13.5. The zero-order valence-corrected chi connectivity index (χ0v) is 18.8. The summed E-state index contributed by atoms with van der Waals surface area (Å²) < 4.78 is 75.0. The van der Waals surface area contributed by atoms with Gasteiger partial charge < -0.3 is 14.7 Å². The minimum absolute atomic E-state index is 0.0215. The van der Waals surface area contributed by atoms with Gasteiger partial charge in [0, 0.05) is 12.6 Å². The Hall–Kier alpha value is -3.21. The summed E-state index contributed by atoms with van der Waals surface area (Å²) in [6.45, 7) is 0.613. The number of halogens is 3. The van der Waals surface area contributed by atoms with Gasteiger partial charge in [-0.2, -0.15) is 13.2 Å². The number of sulfonamides is 1. The van der Waals surface area contributed by atoms with E-state index in [9.17, 15) is 31.5 Å². The van der Waals surface area contributed by atoms with Crippen molar-refractivity contribution in [2.75, 3.05) is 22.8 Å². The molecule has 34 heavy (non-hydrogen) atoms. The number of hydrogen-bond donors (Lipinski definition) is 2. The van der Waals surface area contributed by atoms with E-state index in [1.807, 2.05) is 11.0 Å². The first-order valence-corrected chi connectivity index (χ1v) is 12.2. The molecule has 2 heterocycles. The minimum atomic E-state index is -4.68. The van der Waals surface area contributed by atoms with Crippen LogP contribution in [0.5, 0.6) is 5.75 Å². The Labute approximate surface area is 194 Å². The van der Waals surface area contributed by atoms with Crippen LogP contribution in [0.4, 0.5) is 24.5 Å². The number of rotatable bonds is 1. The van der Waals surface area contributed by atoms with E-state index >= 15 is 0 Å². The summed E-state index contributed by atoms with van der Waals surface area (Å²) in [6, 6.07) is 6.33. The van der Waals surface area contributed by atoms with Gasteiger partial charge in [-0.3, -0.25) is 4.72 Å². The van der Waals surface area contributed by atoms with Crippen LogP contribution >= 0.6 is 0 Å². The normalized spacial score (nSPS) is 21.1. The number of hydrogen-bond acceptors (Lipinski definition) is 5. The molecule has 2 aromatic rings. The van der Waals surface area contributed by atoms with Gasteiger partial charge in [-0.1, -0.05) is 12.2 Å². The standard InChI is InChI=1S/C23H23F3N2O5S/c24-23(25,26)16-8-9-19-18(14-16)27-34(31,32)21-13-15(22(29)30)7-10-20(21)33-12-4-2-6-17-5-1-3-11-28(17)19/h2,4,7-10,13-14,17,27H,1,3,5-6,11-12H2,(H,29,30)/b4-2+. The summed E-state index contributed by atoms with van der Waals surface area (Å²) >= 11 is 0. The van der Waals surface area contributed by atoms with Crippen LogP contribution < -0.4 is 14.4 Å². The SMILES string of the molecule is O=C(O)c1ccc2c(c1)S(=O)(=O)Nc1cc(C(F)(F)F)ccc1N1CCCCC1C/C=C/CO2. The second-order valence-electron chi connectivity index (χ2n) is 8.16. The van der Waals surface area contributed by atoms with Crippen LogP contribution in [0.1, 0.15) is 41.6 Å². The van der Waals surface area contributed by atoms with Gasteiger partial charge in [-0.05, 0) is 62.1 Å². The van der Waals surface area contributed by atoms with E-state index < -0.39 is 32.6 Å². The van der Waals surface area contributed by atoms with Crippen LogP contribution in [0.25, 0.3) is 0 Å². The van der Waals surface area contributed by atoms with E-state index in [1.54, 1.807) is 6.08 Å². The molecule has 0 amide bonds. The van der Waals surface area contributed by atoms with Crippen molar-refractivity contribution in [3.05, 3.63) is 59.7 Å². The van der Waals surface area contributed by atoms with Crippen LogP contribution in [-0.4, -0.2) is 38.7 Å². The molecule has 11 heteroatoms. The highest BCUT2D eigenvalue weighted by molar-refractivity contribution is 7.92. The lowest BCUT2D eigenvalue weighted by Gasteiger charge is -2.38. The summed E-state index contributed by atoms with van der Waals surface area (Å²) in [6.07, 6.45) is 2.16. The lowest BCUT2D eigenvalue weighted by molar-refractivity contribution is -0.137. The fraction of sp³-hybridized carbons (Fsp3) is 0.348. The van der Waals surface area contributed by atoms with Crippen molar-refractivity contribution in [2.24, 2.45) is 0 Å². The molecule has 1 fully saturated rings. The van der Waals surface area contributed by atoms with Gasteiger partial charge in [0.05, 0.1) is 22.5 Å². The molecule has 0 spiro atoms. The molecule has 1 unspecified atom stereocenters. The number of carboxylic acid groups (broad SMARTS) is 1. The molecule has 182 valence electrons. The van der Waals surface area contributed by atoms with E-state index in [2.05, 4.69) is 4.72 Å². The second kappa shape index (κ2) is 9.21. The molecule has 1 saturated heterocycles. The Kier molecular flexibility index (Phi) is 6.48. The zero-order valence-electron chi connectivity index (χ0n) is 18.0. The van der Waals surface area contributed by atoms with E-state index in [1.165, 1.54) is 18.2 Å². The first-order valence-electron chi connectivity index (χ1n) is 10.7. The molecule has 0 aromatic heterocycles. The predicted molar refractivity (Wildman–Crippen MR) is 120 cm³/mol. The number of carbonyl (C=O) groups is 1. The van der Waals surface area contributed by atoms with Crippen molar-refractivity contribution in [2.45, 2.75) is 42.8 Å². The Morgan fingerprint density at radius 3 is 2.65 bits per heavy atom. The molecule has 7 nitrogen and oxygen atoms in total. The van der Waals surface area contributed by atoms with Crippen molar-refractivity contribution in [3.8, 4) is 5.75 Å². The molecule has 2 N–H and O–H groups in total. The summed E-state index contributed by atoms with van der Waals surface area (Å²) in [5, 5.41) is 9.32. The Balaban J connectivity index is 1.90. The van der Waals surface area contributed by atoms with Crippen LogP contribution in [0.3, 0.4) is 0 Å². The average Bonchev–Trinajstić information content (AvgIpc) is 2.78. The second-order valence-corrected chi connectivity index (χ2v) is 9.81. The van der Waals surface area contributed by atoms with Crippen LogP contribution in [0.2, 0.25) is 0 Å². The monoisotopic (exact) mass is 496 g/mol. The van der Waals surface area contributed by atoms with Crippen molar-refractivity contribution in [1.82, 2.24) is 0 Å². The van der Waals surface area contributed by atoms with E-state index in [-0.39, 0.29) is 29.6 Å². The van der Waals surface area contributed by atoms with Gasteiger partial charge in [0.1, 0.15) is 17.3 Å². The number of fused-ring (bicyclic) bond motifs is 4. The lowest BCUT2D eigenvalue weighted by atomic mass is 9.97. The first-order chi connectivity index (χ1) is 16.1. The molecule has 4 rings (SSSR count). The molecule has 0 aliphatic carbocycles. The molecule has 0 saturated carbocycles. The Morgan fingerprint density at radius 2 is 1.91 bits per heavy atom. The largest absolute Gasteiger partial charge is 0.488 e. The average molecular weight is 497 g/mol. The fourth-order valence-electron chi connectivity index (χ4n) is 4.24. The van der Waals surface area contributed by atoms with Gasteiger partial charge in [-0.25, -0.2) is 13.2 Å². The molecule has 0 radical (unpaired) electrons. The fourth-order valence-corrected chi connectivity index (χ4v) is 5.47. The topological polar surface area (TPSA) is 95.9 Å². The summed E-state index contributed by atoms with van der Waals surface area (Å²) in [5.74, 6) is -1.45. The number of nitrogens with one attached hydrogen (secondary N) is 1. The molecule has 2 aromatic carbocycles. The van der Waals surface area contributed by atoms with Gasteiger partial charge in [-0.15, -0.1) is 0 Å². The third-order valence-corrected chi connectivity index (χ3v) is 7.28. The van der Waals surface area contributed by atoms with Crippen LogP contribution in [-0.2, 0) is 16.2 Å². The van der Waals surface area contributed by atoms with E-state index in [0.717, 1.165) is 37.5 Å². The number of nitrogens with zero attached hydrogens (tertiary/aromatic N) is 1. The van der Waals surface area contributed by atoms with Crippen molar-refractivity contribution < 1.29 is 36.2 Å². The van der Waals surface area contributed by atoms with Crippen molar-refractivity contribution in [3.63, 3.8) is 0 Å². The molecule has 0 bridgehead atoms. The summed E-state index contributed by atoms with van der Waals surface area (Å²) in [4.78, 5) is 12.9. The van der Waals surface area contributed by atoms with Gasteiger partial charge >= 0.3 is 12.1 Å². The number of ether oxygens (including phenoxy) is 1. The third-order valence-electron chi connectivity index (χ3n) is 5.89. The maximum absolute atomic E-state index is 13.5. The highest BCUT2D eigenvalue weighted by Gasteiger charge is 2.34. The number of alkyl halides is 3. The molecular formula is C23H23F3N2O5S. The quantitative estimate of drug-likeness (QED) is 0.545. The van der Waals surface area contributed by atoms with E-state index in [4.69, 9.17) is 4.74 Å². The van der Waals surface area contributed by atoms with Crippen molar-refractivity contribution in [1.29, 1.82) is 0 Å². The zero-order chi connectivity index (χ0) is 24.5. The van der Waals surface area contributed by atoms with Gasteiger partial charge in [0.25, 0.3) is 10.0 Å². The minimum Gasteiger partial charge on any atom is -0.488 e. The smallest absolute Gasteiger partial charge is 0.416 e. The summed E-state index contributed by atoms with van der Waals surface area (Å²) in [5.41, 5.74) is -1.18. The Bertz CT molecular complexity index is 1230. The molecular weight excluding hydrogens is 473 g/mol. The number of piperidine rings is 1.